The largest absolute Gasteiger partial charge is 0.251 e. The fourth-order valence-electron chi connectivity index (χ4n) is 6.02. The summed E-state index contributed by atoms with van der Waals surface area (Å²) >= 11 is 0. The first-order chi connectivity index (χ1) is 20.2. The summed E-state index contributed by atoms with van der Waals surface area (Å²) in [4.78, 5) is 10.6. The lowest BCUT2D eigenvalue weighted by Crippen LogP contribution is -2.31. The molecule has 190 valence electrons. The van der Waals surface area contributed by atoms with E-state index in [9.17, 15) is 10.5 Å². The van der Waals surface area contributed by atoms with Gasteiger partial charge in [-0.15, -0.1) is 0 Å². The van der Waals surface area contributed by atoms with Gasteiger partial charge in [-0.3, -0.25) is 9.97 Å². The van der Waals surface area contributed by atoms with Crippen molar-refractivity contribution in [2.24, 2.45) is 0 Å². The van der Waals surface area contributed by atoms with Crippen LogP contribution in [0, 0.1) is 22.7 Å². The van der Waals surface area contributed by atoms with Crippen molar-refractivity contribution in [2.45, 2.75) is 5.41 Å². The molecule has 0 N–H and O–H groups in total. The molecular weight excluding hydrogens is 500 g/mol. The fourth-order valence-corrected chi connectivity index (χ4v) is 6.02. The molecule has 0 spiro atoms. The lowest BCUT2D eigenvalue weighted by molar-refractivity contribution is 0.708. The van der Waals surface area contributed by atoms with E-state index in [1.54, 1.807) is 12.1 Å². The van der Waals surface area contributed by atoms with E-state index in [1.165, 1.54) is 0 Å². The smallest absolute Gasteiger partial charge is 0.106 e. The van der Waals surface area contributed by atoms with Crippen LogP contribution in [-0.4, -0.2) is 9.97 Å². The van der Waals surface area contributed by atoms with Crippen LogP contribution in [0.2, 0.25) is 0 Å². The summed E-state index contributed by atoms with van der Waals surface area (Å²) in [7, 11) is 0. The molecule has 0 aliphatic heterocycles. The highest BCUT2D eigenvalue weighted by atomic mass is 14.8. The molecule has 41 heavy (non-hydrogen) atoms. The highest BCUT2D eigenvalue weighted by Gasteiger charge is 2.48. The second kappa shape index (κ2) is 9.72. The summed E-state index contributed by atoms with van der Waals surface area (Å²) in [5, 5.41) is 19.0. The first-order valence-electron chi connectivity index (χ1n) is 13.4. The first kappa shape index (κ1) is 24.2. The number of nitrogens with zero attached hydrogens (tertiary/aromatic N) is 4. The van der Waals surface area contributed by atoms with Gasteiger partial charge in [-0.25, -0.2) is 0 Å². The van der Waals surface area contributed by atoms with Gasteiger partial charge in [0.2, 0.25) is 0 Å². The standard InChI is InChI=1S/C37H22N4/c38-23-25-9-5-11-27(21-25)33-17-7-19-35(40-33)37(31-15-3-1-13-29(31)30-14-2-4-16-32(30)37)36-20-8-18-34(41-36)28-12-6-10-26(22-28)24-39/h1-22H. The third-order valence-electron chi connectivity index (χ3n) is 7.79. The van der Waals surface area contributed by atoms with Gasteiger partial charge in [0.05, 0.1) is 46.0 Å². The first-order valence-corrected chi connectivity index (χ1v) is 13.4. The van der Waals surface area contributed by atoms with E-state index in [0.29, 0.717) is 11.1 Å². The normalized spacial score (nSPS) is 12.5. The number of hydrogen-bond donors (Lipinski definition) is 0. The van der Waals surface area contributed by atoms with Crippen LogP contribution >= 0.6 is 0 Å². The van der Waals surface area contributed by atoms with E-state index in [-0.39, 0.29) is 0 Å². The maximum atomic E-state index is 9.50. The van der Waals surface area contributed by atoms with Gasteiger partial charge < -0.3 is 0 Å². The summed E-state index contributed by atoms with van der Waals surface area (Å²) in [6, 6.07) is 48.7. The lowest BCUT2D eigenvalue weighted by Gasteiger charge is -2.32. The maximum absolute atomic E-state index is 9.50. The van der Waals surface area contributed by atoms with E-state index in [1.807, 2.05) is 60.7 Å². The molecule has 7 rings (SSSR count). The number of rotatable bonds is 4. The van der Waals surface area contributed by atoms with Crippen molar-refractivity contribution in [3.63, 3.8) is 0 Å². The minimum Gasteiger partial charge on any atom is -0.251 e. The molecular formula is C37H22N4. The third kappa shape index (κ3) is 3.82. The summed E-state index contributed by atoms with van der Waals surface area (Å²) in [6.07, 6.45) is 0. The van der Waals surface area contributed by atoms with E-state index >= 15 is 0 Å². The molecule has 0 amide bonds. The second-order valence-corrected chi connectivity index (χ2v) is 10.0. The van der Waals surface area contributed by atoms with Crippen LogP contribution in [0.4, 0.5) is 0 Å². The van der Waals surface area contributed by atoms with Crippen LogP contribution in [0.15, 0.2) is 133 Å². The quantitative estimate of drug-likeness (QED) is 0.235. The molecule has 0 fully saturated rings. The summed E-state index contributed by atoms with van der Waals surface area (Å²) in [5.74, 6) is 0. The molecule has 1 aliphatic rings. The lowest BCUT2D eigenvalue weighted by atomic mass is 9.72. The molecule has 4 aromatic carbocycles. The Balaban J connectivity index is 1.53. The Labute approximate surface area is 238 Å². The van der Waals surface area contributed by atoms with Crippen molar-refractivity contribution in [3.8, 4) is 45.8 Å². The highest BCUT2D eigenvalue weighted by Crippen LogP contribution is 2.55. The van der Waals surface area contributed by atoms with Gasteiger partial charge in [-0.1, -0.05) is 84.9 Å². The van der Waals surface area contributed by atoms with Crippen molar-refractivity contribution < 1.29 is 0 Å². The molecule has 4 heteroatoms. The molecule has 2 heterocycles. The minimum absolute atomic E-state index is 0.593. The van der Waals surface area contributed by atoms with Gasteiger partial charge in [0.25, 0.3) is 0 Å². The topological polar surface area (TPSA) is 73.4 Å². The molecule has 2 aromatic heterocycles. The highest BCUT2D eigenvalue weighted by molar-refractivity contribution is 5.85. The van der Waals surface area contributed by atoms with Crippen LogP contribution in [0.5, 0.6) is 0 Å². The average Bonchev–Trinajstić information content (AvgIpc) is 3.36. The molecule has 4 nitrogen and oxygen atoms in total. The minimum atomic E-state index is -0.779. The predicted octanol–water partition coefficient (Wildman–Crippen LogP) is 7.92. The Bertz CT molecular complexity index is 1900. The number of pyridine rings is 2. The van der Waals surface area contributed by atoms with Crippen molar-refractivity contribution in [1.29, 1.82) is 10.5 Å². The van der Waals surface area contributed by atoms with E-state index in [0.717, 1.165) is 56.2 Å². The van der Waals surface area contributed by atoms with Gasteiger partial charge in [-0.05, 0) is 70.8 Å². The van der Waals surface area contributed by atoms with Crippen LogP contribution in [0.1, 0.15) is 33.6 Å². The molecule has 6 aromatic rings. The van der Waals surface area contributed by atoms with Crippen molar-refractivity contribution in [1.82, 2.24) is 9.97 Å². The zero-order chi connectivity index (χ0) is 27.8. The van der Waals surface area contributed by atoms with E-state index in [4.69, 9.17) is 9.97 Å². The zero-order valence-electron chi connectivity index (χ0n) is 22.0. The van der Waals surface area contributed by atoms with Crippen molar-refractivity contribution >= 4 is 0 Å². The average molecular weight is 523 g/mol. The van der Waals surface area contributed by atoms with Gasteiger partial charge in [-0.2, -0.15) is 10.5 Å². The van der Waals surface area contributed by atoms with E-state index < -0.39 is 5.41 Å². The van der Waals surface area contributed by atoms with Gasteiger partial charge in [0.1, 0.15) is 5.41 Å². The van der Waals surface area contributed by atoms with Crippen LogP contribution < -0.4 is 0 Å². The van der Waals surface area contributed by atoms with Crippen LogP contribution in [0.25, 0.3) is 33.6 Å². The van der Waals surface area contributed by atoms with Gasteiger partial charge in [0.15, 0.2) is 0 Å². The monoisotopic (exact) mass is 522 g/mol. The third-order valence-corrected chi connectivity index (χ3v) is 7.79. The van der Waals surface area contributed by atoms with Crippen LogP contribution in [0.3, 0.4) is 0 Å². The van der Waals surface area contributed by atoms with Crippen molar-refractivity contribution in [2.75, 3.05) is 0 Å². The Kier molecular flexibility index (Phi) is 5.74. The molecule has 0 atom stereocenters. The predicted molar refractivity (Wildman–Crippen MR) is 160 cm³/mol. The van der Waals surface area contributed by atoms with Gasteiger partial charge in [0, 0.05) is 11.1 Å². The molecule has 0 saturated carbocycles. The molecule has 0 unspecified atom stereocenters. The summed E-state index contributed by atoms with van der Waals surface area (Å²) in [5.41, 5.74) is 10.0. The Morgan fingerprint density at radius 1 is 0.463 bits per heavy atom. The van der Waals surface area contributed by atoms with Crippen LogP contribution in [-0.2, 0) is 5.41 Å². The molecule has 0 saturated heterocycles. The molecule has 0 bridgehead atoms. The zero-order valence-corrected chi connectivity index (χ0v) is 22.0. The number of aromatic nitrogens is 2. The summed E-state index contributed by atoms with van der Waals surface area (Å²) in [6.45, 7) is 0. The Morgan fingerprint density at radius 2 is 0.902 bits per heavy atom. The number of fused-ring (bicyclic) bond motifs is 3. The number of hydrogen-bond acceptors (Lipinski definition) is 4. The number of nitriles is 2. The van der Waals surface area contributed by atoms with Crippen molar-refractivity contribution in [3.05, 3.63) is 167 Å². The fraction of sp³-hybridized carbons (Fsp3) is 0.0270. The summed E-state index contributed by atoms with van der Waals surface area (Å²) < 4.78 is 0. The number of benzene rings is 4. The molecule has 0 radical (unpaired) electrons. The second-order valence-electron chi connectivity index (χ2n) is 10.0. The SMILES string of the molecule is N#Cc1cccc(-c2cccc(C3(c4cccc(-c5cccc(C#N)c5)n4)c4ccccc4-c4ccccc43)n2)c1. The van der Waals surface area contributed by atoms with Gasteiger partial charge >= 0.3 is 0 Å². The Hall–Kier alpha value is -5.84. The maximum Gasteiger partial charge on any atom is 0.106 e. The van der Waals surface area contributed by atoms with E-state index in [2.05, 4.69) is 72.8 Å². The molecule has 1 aliphatic carbocycles. The Morgan fingerprint density at radius 3 is 1.37 bits per heavy atom.